The van der Waals surface area contributed by atoms with Gasteiger partial charge in [-0.05, 0) is 24.1 Å². The third kappa shape index (κ3) is 3.36. The zero-order valence-electron chi connectivity index (χ0n) is 8.01. The van der Waals surface area contributed by atoms with Gasteiger partial charge in [0.25, 0.3) is 0 Å². The minimum atomic E-state index is -0.367. The van der Waals surface area contributed by atoms with Crippen LogP contribution in [0.15, 0.2) is 18.2 Å². The van der Waals surface area contributed by atoms with Crippen LogP contribution in [0.3, 0.4) is 0 Å². The van der Waals surface area contributed by atoms with Gasteiger partial charge in [-0.2, -0.15) is 0 Å². The Kier molecular flexibility index (Phi) is 3.92. The van der Waals surface area contributed by atoms with E-state index in [1.165, 1.54) is 0 Å². The van der Waals surface area contributed by atoms with Crippen LogP contribution >= 0.6 is 11.6 Å². The highest BCUT2D eigenvalue weighted by atomic mass is 35.5. The number of rotatable bonds is 4. The van der Waals surface area contributed by atoms with E-state index in [9.17, 15) is 4.79 Å². The second kappa shape index (κ2) is 4.98. The van der Waals surface area contributed by atoms with Crippen LogP contribution in [-0.4, -0.2) is 12.5 Å². The molecule has 3 N–H and O–H groups in total. The number of nitrogens with one attached hydrogen (secondary N) is 1. The Labute approximate surface area is 88.2 Å². The monoisotopic (exact) mass is 212 g/mol. The molecule has 0 aromatic heterocycles. The predicted octanol–water partition coefficient (Wildman–Crippen LogP) is 1.22. The summed E-state index contributed by atoms with van der Waals surface area (Å²) in [5.41, 5.74) is 7.07. The molecule has 0 aliphatic heterocycles. The average Bonchev–Trinajstić information content (AvgIpc) is 2.08. The molecule has 0 radical (unpaired) electrons. The van der Waals surface area contributed by atoms with Gasteiger partial charge < -0.3 is 11.1 Å². The number of primary amides is 1. The van der Waals surface area contributed by atoms with Crippen molar-refractivity contribution in [2.24, 2.45) is 5.73 Å². The third-order valence-corrected chi connectivity index (χ3v) is 2.18. The van der Waals surface area contributed by atoms with Crippen molar-refractivity contribution < 1.29 is 4.79 Å². The Morgan fingerprint density at radius 2 is 2.29 bits per heavy atom. The summed E-state index contributed by atoms with van der Waals surface area (Å²) in [6.07, 6.45) is 0. The van der Waals surface area contributed by atoms with E-state index in [1.54, 1.807) is 0 Å². The number of carbonyl (C=O) groups is 1. The first-order valence-corrected chi connectivity index (χ1v) is 4.71. The maximum atomic E-state index is 10.5. The minimum Gasteiger partial charge on any atom is -0.369 e. The summed E-state index contributed by atoms with van der Waals surface area (Å²) < 4.78 is 0. The summed E-state index contributed by atoms with van der Waals surface area (Å²) >= 11 is 5.99. The van der Waals surface area contributed by atoms with E-state index < -0.39 is 0 Å². The van der Waals surface area contributed by atoms with Gasteiger partial charge in [-0.15, -0.1) is 0 Å². The Balaban J connectivity index is 2.55. The Hall–Kier alpha value is -1.06. The molecule has 0 saturated heterocycles. The van der Waals surface area contributed by atoms with Crippen LogP contribution in [0, 0.1) is 6.92 Å². The maximum absolute atomic E-state index is 10.5. The minimum absolute atomic E-state index is 0.171. The van der Waals surface area contributed by atoms with Gasteiger partial charge in [0, 0.05) is 11.6 Å². The molecule has 14 heavy (non-hydrogen) atoms. The van der Waals surface area contributed by atoms with E-state index in [-0.39, 0.29) is 12.5 Å². The fraction of sp³-hybridized carbons (Fsp3) is 0.300. The largest absolute Gasteiger partial charge is 0.369 e. The number of hydrogen-bond acceptors (Lipinski definition) is 2. The highest BCUT2D eigenvalue weighted by Gasteiger charge is 2.00. The normalized spacial score (nSPS) is 10.1. The summed E-state index contributed by atoms with van der Waals surface area (Å²) in [7, 11) is 0. The van der Waals surface area contributed by atoms with Crippen LogP contribution in [0.2, 0.25) is 5.02 Å². The number of halogens is 1. The van der Waals surface area contributed by atoms with Gasteiger partial charge in [-0.3, -0.25) is 4.79 Å². The standard InChI is InChI=1S/C10H13ClN2O/c1-7-2-3-8(9(11)4-7)5-13-6-10(12)14/h2-4,13H,5-6H2,1H3,(H2,12,14). The maximum Gasteiger partial charge on any atom is 0.231 e. The van der Waals surface area contributed by atoms with Crippen LogP contribution in [0.1, 0.15) is 11.1 Å². The van der Waals surface area contributed by atoms with E-state index >= 15 is 0 Å². The second-order valence-corrected chi connectivity index (χ2v) is 3.57. The molecule has 0 heterocycles. The van der Waals surface area contributed by atoms with Gasteiger partial charge in [-0.1, -0.05) is 23.7 Å². The Bertz CT molecular complexity index is 339. The zero-order chi connectivity index (χ0) is 10.6. The van der Waals surface area contributed by atoms with Crippen molar-refractivity contribution in [3.05, 3.63) is 34.3 Å². The summed E-state index contributed by atoms with van der Waals surface area (Å²) in [6, 6.07) is 5.81. The molecule has 0 bridgehead atoms. The van der Waals surface area contributed by atoms with Crippen LogP contribution in [0.25, 0.3) is 0 Å². The van der Waals surface area contributed by atoms with Crippen molar-refractivity contribution in [2.45, 2.75) is 13.5 Å². The molecule has 4 heteroatoms. The molecule has 1 aromatic rings. The fourth-order valence-electron chi connectivity index (χ4n) is 1.12. The van der Waals surface area contributed by atoms with E-state index in [2.05, 4.69) is 5.32 Å². The number of nitrogens with two attached hydrogens (primary N) is 1. The van der Waals surface area contributed by atoms with E-state index in [1.807, 2.05) is 25.1 Å². The molecule has 76 valence electrons. The predicted molar refractivity (Wildman–Crippen MR) is 57.1 cm³/mol. The van der Waals surface area contributed by atoms with E-state index in [0.717, 1.165) is 11.1 Å². The molecule has 0 fully saturated rings. The smallest absolute Gasteiger partial charge is 0.231 e. The van der Waals surface area contributed by atoms with Crippen LogP contribution in [0.5, 0.6) is 0 Å². The van der Waals surface area contributed by atoms with E-state index in [4.69, 9.17) is 17.3 Å². The first-order valence-electron chi connectivity index (χ1n) is 4.33. The highest BCUT2D eigenvalue weighted by molar-refractivity contribution is 6.31. The number of benzene rings is 1. The van der Waals surface area contributed by atoms with Crippen molar-refractivity contribution in [1.29, 1.82) is 0 Å². The summed E-state index contributed by atoms with van der Waals surface area (Å²) in [4.78, 5) is 10.5. The quantitative estimate of drug-likeness (QED) is 0.789. The highest BCUT2D eigenvalue weighted by Crippen LogP contribution is 2.16. The molecule has 0 saturated carbocycles. The number of aryl methyl sites for hydroxylation is 1. The van der Waals surface area contributed by atoms with Crippen molar-refractivity contribution in [3.8, 4) is 0 Å². The number of amides is 1. The lowest BCUT2D eigenvalue weighted by Gasteiger charge is -2.05. The first-order chi connectivity index (χ1) is 6.59. The molecule has 0 spiro atoms. The molecule has 0 aliphatic rings. The van der Waals surface area contributed by atoms with E-state index in [0.29, 0.717) is 11.6 Å². The van der Waals surface area contributed by atoms with Gasteiger partial charge in [0.15, 0.2) is 0 Å². The molecule has 0 aliphatic carbocycles. The lowest BCUT2D eigenvalue weighted by atomic mass is 10.1. The first kappa shape index (κ1) is 11.0. The number of carbonyl (C=O) groups excluding carboxylic acids is 1. The fourth-order valence-corrected chi connectivity index (χ4v) is 1.42. The van der Waals surface area contributed by atoms with Crippen molar-refractivity contribution in [1.82, 2.24) is 5.32 Å². The SMILES string of the molecule is Cc1ccc(CNCC(N)=O)c(Cl)c1. The van der Waals surface area contributed by atoms with Gasteiger partial charge in [0.1, 0.15) is 0 Å². The lowest BCUT2D eigenvalue weighted by Crippen LogP contribution is -2.28. The summed E-state index contributed by atoms with van der Waals surface area (Å²) in [5.74, 6) is -0.367. The summed E-state index contributed by atoms with van der Waals surface area (Å²) in [6.45, 7) is 2.71. The Morgan fingerprint density at radius 1 is 1.57 bits per heavy atom. The average molecular weight is 213 g/mol. The molecule has 0 atom stereocenters. The zero-order valence-corrected chi connectivity index (χ0v) is 8.77. The lowest BCUT2D eigenvalue weighted by molar-refractivity contribution is -0.117. The van der Waals surface area contributed by atoms with Gasteiger partial charge in [0.2, 0.25) is 5.91 Å². The van der Waals surface area contributed by atoms with Crippen LogP contribution in [0.4, 0.5) is 0 Å². The number of hydrogen-bond donors (Lipinski definition) is 2. The summed E-state index contributed by atoms with van der Waals surface area (Å²) in [5, 5.41) is 3.61. The molecule has 3 nitrogen and oxygen atoms in total. The van der Waals surface area contributed by atoms with Crippen molar-refractivity contribution >= 4 is 17.5 Å². The van der Waals surface area contributed by atoms with Gasteiger partial charge in [0.05, 0.1) is 6.54 Å². The molecular weight excluding hydrogens is 200 g/mol. The van der Waals surface area contributed by atoms with Gasteiger partial charge in [-0.25, -0.2) is 0 Å². The second-order valence-electron chi connectivity index (χ2n) is 3.16. The molecular formula is C10H13ClN2O. The molecule has 1 aromatic carbocycles. The Morgan fingerprint density at radius 3 is 2.86 bits per heavy atom. The topological polar surface area (TPSA) is 55.1 Å². The molecule has 0 unspecified atom stereocenters. The van der Waals surface area contributed by atoms with Crippen molar-refractivity contribution in [2.75, 3.05) is 6.54 Å². The molecule has 1 rings (SSSR count). The molecule has 1 amide bonds. The van der Waals surface area contributed by atoms with Crippen LogP contribution in [-0.2, 0) is 11.3 Å². The van der Waals surface area contributed by atoms with Gasteiger partial charge >= 0.3 is 0 Å². The van der Waals surface area contributed by atoms with Crippen LogP contribution < -0.4 is 11.1 Å². The third-order valence-electron chi connectivity index (χ3n) is 1.82. The van der Waals surface area contributed by atoms with Crippen molar-refractivity contribution in [3.63, 3.8) is 0 Å².